The molecule has 138 valence electrons. The van der Waals surface area contributed by atoms with Crippen LogP contribution in [0, 0.1) is 0 Å². The first-order chi connectivity index (χ1) is 12.9. The van der Waals surface area contributed by atoms with Crippen molar-refractivity contribution in [2.75, 3.05) is 0 Å². The lowest BCUT2D eigenvalue weighted by molar-refractivity contribution is -0.134. The number of carbonyl (C=O) groups excluding carboxylic acids is 2. The fourth-order valence-corrected chi connectivity index (χ4v) is 3.86. The predicted octanol–water partition coefficient (Wildman–Crippen LogP) is 5.52. The smallest absolute Gasteiger partial charge is 0.363 e. The third kappa shape index (κ3) is 4.48. The van der Waals surface area contributed by atoms with Gasteiger partial charge in [0.2, 0.25) is 5.90 Å². The van der Waals surface area contributed by atoms with E-state index >= 15 is 0 Å². The Balaban J connectivity index is 1.93. The molecule has 1 aliphatic heterocycles. The number of esters is 2. The maximum absolute atomic E-state index is 12.2. The molecule has 1 aliphatic rings. The number of nitrogens with zero attached hydrogens (tertiary/aromatic N) is 1. The molecule has 3 rings (SSSR count). The molecule has 0 aliphatic carbocycles. The second-order valence-electron chi connectivity index (χ2n) is 5.46. The Bertz CT molecular complexity index is 978. The number of ether oxygens (including phenoxy) is 2. The number of carbonyl (C=O) groups is 2. The van der Waals surface area contributed by atoms with Crippen molar-refractivity contribution in [2.45, 2.75) is 13.3 Å². The summed E-state index contributed by atoms with van der Waals surface area (Å²) in [6.45, 7) is 1.71. The Morgan fingerprint density at radius 2 is 1.93 bits per heavy atom. The minimum absolute atomic E-state index is 0.141. The quantitative estimate of drug-likeness (QED) is 0.307. The first kappa shape index (κ1) is 19.8. The molecule has 0 fully saturated rings. The molecule has 0 bridgehead atoms. The third-order valence-electron chi connectivity index (χ3n) is 3.55. The van der Waals surface area contributed by atoms with Crippen LogP contribution in [0.5, 0.6) is 5.75 Å². The molecule has 27 heavy (non-hydrogen) atoms. The molecule has 2 aromatic carbocycles. The molecule has 2 aromatic rings. The van der Waals surface area contributed by atoms with Crippen LogP contribution in [0.25, 0.3) is 6.08 Å². The van der Waals surface area contributed by atoms with Crippen molar-refractivity contribution in [3.8, 4) is 5.75 Å². The molecule has 0 spiro atoms. The molecule has 1 heterocycles. The lowest BCUT2D eigenvalue weighted by Crippen LogP contribution is -2.06. The van der Waals surface area contributed by atoms with Gasteiger partial charge in [0, 0.05) is 6.42 Å². The van der Waals surface area contributed by atoms with E-state index in [0.717, 1.165) is 0 Å². The fraction of sp³-hybridized carbons (Fsp3) is 0.105. The summed E-state index contributed by atoms with van der Waals surface area (Å²) in [5.41, 5.74) is 1.35. The summed E-state index contributed by atoms with van der Waals surface area (Å²) in [4.78, 5) is 27.9. The standard InChI is InChI=1S/C19H12Br2ClNO4/c1-2-16(24)26-17-12(20)7-10(8-13(17)21)9-15-19(25)27-18(23-15)11-5-3-4-6-14(11)22/h3-9H,2H2,1H3/b15-9-. The largest absolute Gasteiger partial charge is 0.424 e. The van der Waals surface area contributed by atoms with Crippen molar-refractivity contribution >= 4 is 67.4 Å². The van der Waals surface area contributed by atoms with Crippen LogP contribution in [0.2, 0.25) is 5.02 Å². The van der Waals surface area contributed by atoms with Gasteiger partial charge in [-0.05, 0) is 67.8 Å². The van der Waals surface area contributed by atoms with Crippen molar-refractivity contribution < 1.29 is 19.1 Å². The van der Waals surface area contributed by atoms with Gasteiger partial charge in [-0.1, -0.05) is 30.7 Å². The van der Waals surface area contributed by atoms with E-state index < -0.39 is 5.97 Å². The SMILES string of the molecule is CCC(=O)Oc1c(Br)cc(/C=C2\N=C(c3ccccc3Cl)OC2=O)cc1Br. The Morgan fingerprint density at radius 3 is 2.56 bits per heavy atom. The second-order valence-corrected chi connectivity index (χ2v) is 7.57. The average molecular weight is 514 g/mol. The molecular formula is C19H12Br2ClNO4. The molecule has 0 atom stereocenters. The van der Waals surface area contributed by atoms with E-state index in [1.807, 2.05) is 0 Å². The highest BCUT2D eigenvalue weighted by atomic mass is 79.9. The molecule has 0 aromatic heterocycles. The lowest BCUT2D eigenvalue weighted by atomic mass is 10.2. The minimum atomic E-state index is -0.571. The van der Waals surface area contributed by atoms with E-state index in [-0.39, 0.29) is 24.0 Å². The fourth-order valence-electron chi connectivity index (χ4n) is 2.26. The number of benzene rings is 2. The van der Waals surface area contributed by atoms with Gasteiger partial charge in [0.25, 0.3) is 0 Å². The van der Waals surface area contributed by atoms with Gasteiger partial charge >= 0.3 is 11.9 Å². The number of aliphatic imine (C=N–C) groups is 1. The molecule has 8 heteroatoms. The molecule has 0 unspecified atom stereocenters. The first-order valence-corrected chi connectivity index (χ1v) is 9.82. The van der Waals surface area contributed by atoms with Gasteiger partial charge in [0.1, 0.15) is 0 Å². The molecule has 0 N–H and O–H groups in total. The minimum Gasteiger partial charge on any atom is -0.424 e. The Labute approximate surface area is 177 Å². The van der Waals surface area contributed by atoms with E-state index in [1.54, 1.807) is 49.4 Å². The van der Waals surface area contributed by atoms with Crippen LogP contribution in [0.3, 0.4) is 0 Å². The molecule has 0 saturated carbocycles. The Kier molecular flexibility index (Phi) is 6.14. The van der Waals surface area contributed by atoms with Crippen molar-refractivity contribution in [1.82, 2.24) is 0 Å². The number of cyclic esters (lactones) is 1. The number of hydrogen-bond acceptors (Lipinski definition) is 5. The van der Waals surface area contributed by atoms with Crippen LogP contribution < -0.4 is 4.74 Å². The van der Waals surface area contributed by atoms with E-state index in [0.29, 0.717) is 30.8 Å². The summed E-state index contributed by atoms with van der Waals surface area (Å²) >= 11 is 12.9. The summed E-state index contributed by atoms with van der Waals surface area (Å²) in [7, 11) is 0. The molecule has 0 radical (unpaired) electrons. The maximum Gasteiger partial charge on any atom is 0.363 e. The zero-order chi connectivity index (χ0) is 19.6. The molecule has 0 saturated heterocycles. The summed E-state index contributed by atoms with van der Waals surface area (Å²) in [6, 6.07) is 10.4. The number of hydrogen-bond donors (Lipinski definition) is 0. The topological polar surface area (TPSA) is 65.0 Å². The summed E-state index contributed by atoms with van der Waals surface area (Å²) in [5.74, 6) is -0.392. The van der Waals surface area contributed by atoms with Gasteiger partial charge in [-0.3, -0.25) is 4.79 Å². The number of halogens is 3. The van der Waals surface area contributed by atoms with E-state index in [2.05, 4.69) is 36.9 Å². The lowest BCUT2D eigenvalue weighted by Gasteiger charge is -2.09. The maximum atomic E-state index is 12.2. The van der Waals surface area contributed by atoms with Crippen LogP contribution in [0.15, 0.2) is 56.0 Å². The average Bonchev–Trinajstić information content (AvgIpc) is 2.98. The Hall–Kier alpha value is -1.96. The van der Waals surface area contributed by atoms with Gasteiger partial charge in [-0.25, -0.2) is 9.79 Å². The first-order valence-electron chi connectivity index (χ1n) is 7.86. The summed E-state index contributed by atoms with van der Waals surface area (Å²) in [5, 5.41) is 0.442. The van der Waals surface area contributed by atoms with Crippen LogP contribution in [-0.2, 0) is 14.3 Å². The van der Waals surface area contributed by atoms with E-state index in [4.69, 9.17) is 21.1 Å². The zero-order valence-electron chi connectivity index (χ0n) is 14.0. The molecule has 5 nitrogen and oxygen atoms in total. The van der Waals surface area contributed by atoms with Crippen molar-refractivity contribution in [3.05, 3.63) is 67.2 Å². The normalized spacial score (nSPS) is 14.9. The predicted molar refractivity (Wildman–Crippen MR) is 110 cm³/mol. The Morgan fingerprint density at radius 1 is 1.26 bits per heavy atom. The van der Waals surface area contributed by atoms with Gasteiger partial charge in [-0.2, -0.15) is 0 Å². The highest BCUT2D eigenvalue weighted by Crippen LogP contribution is 2.36. The molecular weight excluding hydrogens is 501 g/mol. The van der Waals surface area contributed by atoms with Crippen molar-refractivity contribution in [2.24, 2.45) is 4.99 Å². The van der Waals surface area contributed by atoms with Crippen LogP contribution in [-0.4, -0.2) is 17.8 Å². The van der Waals surface area contributed by atoms with Gasteiger partial charge in [-0.15, -0.1) is 0 Å². The van der Waals surface area contributed by atoms with E-state index in [1.165, 1.54) is 0 Å². The monoisotopic (exact) mass is 511 g/mol. The molecule has 0 amide bonds. The highest BCUT2D eigenvalue weighted by Gasteiger charge is 2.25. The summed E-state index contributed by atoms with van der Waals surface area (Å²) in [6.07, 6.45) is 1.84. The van der Waals surface area contributed by atoms with Crippen LogP contribution >= 0.6 is 43.5 Å². The van der Waals surface area contributed by atoms with Crippen LogP contribution in [0.4, 0.5) is 0 Å². The number of rotatable bonds is 4. The van der Waals surface area contributed by atoms with Crippen LogP contribution in [0.1, 0.15) is 24.5 Å². The van der Waals surface area contributed by atoms with Gasteiger partial charge in [0.05, 0.1) is 19.5 Å². The van der Waals surface area contributed by atoms with Gasteiger partial charge < -0.3 is 9.47 Å². The third-order valence-corrected chi connectivity index (χ3v) is 5.06. The van der Waals surface area contributed by atoms with Gasteiger partial charge in [0.15, 0.2) is 11.4 Å². The summed E-state index contributed by atoms with van der Waals surface area (Å²) < 4.78 is 11.6. The van der Waals surface area contributed by atoms with Crippen molar-refractivity contribution in [3.63, 3.8) is 0 Å². The van der Waals surface area contributed by atoms with E-state index in [9.17, 15) is 9.59 Å². The zero-order valence-corrected chi connectivity index (χ0v) is 17.9. The second kappa shape index (κ2) is 8.37. The highest BCUT2D eigenvalue weighted by molar-refractivity contribution is 9.11. The van der Waals surface area contributed by atoms with Crippen molar-refractivity contribution in [1.29, 1.82) is 0 Å².